The molecule has 0 radical (unpaired) electrons. The second-order valence-corrected chi connectivity index (χ2v) is 5.23. The number of carbonyl (C=O) groups excluding carboxylic acids is 2. The lowest BCUT2D eigenvalue weighted by atomic mass is 10.1. The summed E-state index contributed by atoms with van der Waals surface area (Å²) in [5.41, 5.74) is 0. The van der Waals surface area contributed by atoms with Crippen molar-refractivity contribution in [3.8, 4) is 0 Å². The quantitative estimate of drug-likeness (QED) is 0.389. The van der Waals surface area contributed by atoms with Gasteiger partial charge in [0.1, 0.15) is 0 Å². The molecule has 0 bridgehead atoms. The highest BCUT2D eigenvalue weighted by Gasteiger charge is 2.00. The number of hydrogen-bond donors (Lipinski definition) is 1. The van der Waals surface area contributed by atoms with Crippen molar-refractivity contribution >= 4 is 24.3 Å². The number of halogens is 1. The van der Waals surface area contributed by atoms with E-state index in [1.165, 1.54) is 14.2 Å². The molecule has 0 rings (SSSR count). The van der Waals surface area contributed by atoms with Crippen molar-refractivity contribution < 1.29 is 19.1 Å². The molecule has 0 unspecified atom stereocenters. The average molecular weight is 338 g/mol. The molecular weight excluding hydrogens is 306 g/mol. The number of unbranched alkanes of at least 4 members (excludes halogenated alkanes) is 6. The first-order valence-electron chi connectivity index (χ1n) is 8.05. The van der Waals surface area contributed by atoms with E-state index in [0.29, 0.717) is 12.8 Å². The Morgan fingerprint density at radius 1 is 0.682 bits per heavy atom. The number of methoxy groups -OCH3 is 2. The van der Waals surface area contributed by atoms with E-state index in [4.69, 9.17) is 0 Å². The lowest BCUT2D eigenvalue weighted by molar-refractivity contribution is -0.141. The zero-order chi connectivity index (χ0) is 15.8. The largest absolute Gasteiger partial charge is 0.469 e. The lowest BCUT2D eigenvalue weighted by Gasteiger charge is -2.05. The van der Waals surface area contributed by atoms with E-state index in [1.54, 1.807) is 0 Å². The highest BCUT2D eigenvalue weighted by atomic mass is 35.5. The first-order chi connectivity index (χ1) is 10.2. The van der Waals surface area contributed by atoms with E-state index in [2.05, 4.69) is 14.8 Å². The van der Waals surface area contributed by atoms with Gasteiger partial charge >= 0.3 is 11.9 Å². The third-order valence-electron chi connectivity index (χ3n) is 3.42. The average Bonchev–Trinajstić information content (AvgIpc) is 2.51. The molecule has 6 heteroatoms. The van der Waals surface area contributed by atoms with Crippen LogP contribution in [0, 0.1) is 0 Å². The number of esters is 2. The van der Waals surface area contributed by atoms with Gasteiger partial charge in [0.25, 0.3) is 0 Å². The van der Waals surface area contributed by atoms with Gasteiger partial charge in [-0.1, -0.05) is 25.7 Å². The predicted octanol–water partition coefficient (Wildman–Crippen LogP) is 3.24. The van der Waals surface area contributed by atoms with Crippen LogP contribution in [0.5, 0.6) is 0 Å². The molecule has 132 valence electrons. The van der Waals surface area contributed by atoms with Crippen molar-refractivity contribution in [2.24, 2.45) is 0 Å². The van der Waals surface area contributed by atoms with Gasteiger partial charge in [0.2, 0.25) is 0 Å². The summed E-state index contributed by atoms with van der Waals surface area (Å²) in [6.45, 7) is 2.08. The third kappa shape index (κ3) is 17.2. The topological polar surface area (TPSA) is 64.6 Å². The minimum absolute atomic E-state index is 0. The van der Waals surface area contributed by atoms with Crippen molar-refractivity contribution in [3.63, 3.8) is 0 Å². The fourth-order valence-corrected chi connectivity index (χ4v) is 2.07. The van der Waals surface area contributed by atoms with Crippen LogP contribution in [0.3, 0.4) is 0 Å². The van der Waals surface area contributed by atoms with Crippen LogP contribution in [-0.4, -0.2) is 39.2 Å². The minimum Gasteiger partial charge on any atom is -0.469 e. The molecule has 22 heavy (non-hydrogen) atoms. The monoisotopic (exact) mass is 337 g/mol. The number of rotatable bonds is 14. The maximum atomic E-state index is 10.9. The highest BCUT2D eigenvalue weighted by Crippen LogP contribution is 2.04. The summed E-state index contributed by atoms with van der Waals surface area (Å²) >= 11 is 0. The zero-order valence-electron chi connectivity index (χ0n) is 14.0. The Morgan fingerprint density at radius 2 is 1.05 bits per heavy atom. The van der Waals surface area contributed by atoms with Crippen LogP contribution < -0.4 is 5.32 Å². The van der Waals surface area contributed by atoms with E-state index in [9.17, 15) is 9.59 Å². The van der Waals surface area contributed by atoms with Gasteiger partial charge in [0.15, 0.2) is 0 Å². The first kappa shape index (κ1) is 23.5. The van der Waals surface area contributed by atoms with Gasteiger partial charge in [-0.15, -0.1) is 12.4 Å². The van der Waals surface area contributed by atoms with Crippen LogP contribution in [0.15, 0.2) is 0 Å². The van der Waals surface area contributed by atoms with Crippen LogP contribution >= 0.6 is 12.4 Å². The Bertz CT molecular complexity index is 249. The zero-order valence-corrected chi connectivity index (χ0v) is 14.8. The molecule has 0 atom stereocenters. The standard InChI is InChI=1S/C16H31NO4.ClH/c1-20-15(18)11-7-3-5-9-13-17-14-10-6-4-8-12-16(19)21-2;/h17H,3-14H2,1-2H3;1H. The van der Waals surface area contributed by atoms with Crippen molar-refractivity contribution in [3.05, 3.63) is 0 Å². The molecule has 0 aliphatic carbocycles. The number of hydrogen-bond acceptors (Lipinski definition) is 5. The van der Waals surface area contributed by atoms with Crippen molar-refractivity contribution in [1.82, 2.24) is 5.32 Å². The molecule has 0 saturated carbocycles. The Morgan fingerprint density at radius 3 is 1.41 bits per heavy atom. The molecule has 5 nitrogen and oxygen atoms in total. The van der Waals surface area contributed by atoms with E-state index in [1.807, 2.05) is 0 Å². The van der Waals surface area contributed by atoms with Gasteiger partial charge in [-0.05, 0) is 38.8 Å². The number of ether oxygens (including phenoxy) is 2. The van der Waals surface area contributed by atoms with Gasteiger partial charge in [0.05, 0.1) is 14.2 Å². The summed E-state index contributed by atoms with van der Waals surface area (Å²) < 4.78 is 9.19. The van der Waals surface area contributed by atoms with Crippen LogP contribution in [0.2, 0.25) is 0 Å². The molecule has 0 fully saturated rings. The SMILES string of the molecule is COC(=O)CCCCCCNCCCCCCC(=O)OC.Cl. The molecule has 0 amide bonds. The van der Waals surface area contributed by atoms with Crippen molar-refractivity contribution in [1.29, 1.82) is 0 Å². The summed E-state index contributed by atoms with van der Waals surface area (Å²) in [6, 6.07) is 0. The van der Waals surface area contributed by atoms with Gasteiger partial charge in [-0.25, -0.2) is 0 Å². The summed E-state index contributed by atoms with van der Waals surface area (Å²) in [7, 11) is 2.86. The van der Waals surface area contributed by atoms with Gasteiger partial charge in [-0.3, -0.25) is 9.59 Å². The lowest BCUT2D eigenvalue weighted by Crippen LogP contribution is -2.16. The van der Waals surface area contributed by atoms with Crippen LogP contribution in [0.1, 0.15) is 64.2 Å². The highest BCUT2D eigenvalue weighted by molar-refractivity contribution is 5.85. The third-order valence-corrected chi connectivity index (χ3v) is 3.42. The van der Waals surface area contributed by atoms with Gasteiger partial charge in [0, 0.05) is 12.8 Å². The molecule has 0 aromatic heterocycles. The minimum atomic E-state index is -0.111. The maximum Gasteiger partial charge on any atom is 0.305 e. The summed E-state index contributed by atoms with van der Waals surface area (Å²) in [5, 5.41) is 3.42. The second-order valence-electron chi connectivity index (χ2n) is 5.23. The fraction of sp³-hybridized carbons (Fsp3) is 0.875. The van der Waals surface area contributed by atoms with E-state index < -0.39 is 0 Å². The Labute approximate surface area is 140 Å². The predicted molar refractivity (Wildman–Crippen MR) is 90.3 cm³/mol. The van der Waals surface area contributed by atoms with Crippen molar-refractivity contribution in [2.45, 2.75) is 64.2 Å². The Balaban J connectivity index is 0. The molecule has 0 spiro atoms. The fourth-order valence-electron chi connectivity index (χ4n) is 2.07. The smallest absolute Gasteiger partial charge is 0.305 e. The summed E-state index contributed by atoms with van der Waals surface area (Å²) in [4.78, 5) is 21.8. The molecule has 0 saturated heterocycles. The van der Waals surface area contributed by atoms with Gasteiger partial charge < -0.3 is 14.8 Å². The molecule has 0 aliphatic heterocycles. The van der Waals surface area contributed by atoms with Crippen molar-refractivity contribution in [2.75, 3.05) is 27.3 Å². The van der Waals surface area contributed by atoms with Crippen LogP contribution in [0.4, 0.5) is 0 Å². The molecule has 0 aromatic carbocycles. The van der Waals surface area contributed by atoms with E-state index >= 15 is 0 Å². The molecule has 0 aliphatic rings. The second kappa shape index (κ2) is 18.2. The van der Waals surface area contributed by atoms with E-state index in [0.717, 1.165) is 64.5 Å². The molecule has 0 heterocycles. The summed E-state index contributed by atoms with van der Waals surface area (Å²) in [6.07, 6.45) is 9.72. The van der Waals surface area contributed by atoms with Gasteiger partial charge in [-0.2, -0.15) is 0 Å². The Kier molecular flexibility index (Phi) is 19.4. The number of nitrogens with one attached hydrogen (secondary N) is 1. The molecule has 0 aromatic rings. The normalized spacial score (nSPS) is 9.91. The molecular formula is C16H32ClNO4. The summed E-state index contributed by atoms with van der Waals surface area (Å²) in [5.74, 6) is -0.222. The number of carbonyl (C=O) groups is 2. The maximum absolute atomic E-state index is 10.9. The molecule has 1 N–H and O–H groups in total. The Hall–Kier alpha value is -0.810. The first-order valence-corrected chi connectivity index (χ1v) is 8.05. The van der Waals surface area contributed by atoms with Crippen LogP contribution in [0.25, 0.3) is 0 Å². The van der Waals surface area contributed by atoms with Crippen LogP contribution in [-0.2, 0) is 19.1 Å². The van der Waals surface area contributed by atoms with E-state index in [-0.39, 0.29) is 24.3 Å².